The van der Waals surface area contributed by atoms with Crippen molar-refractivity contribution in [3.63, 3.8) is 0 Å². The topological polar surface area (TPSA) is 209 Å². The molecule has 6 aliphatic rings. The molecule has 2 fully saturated rings. The maximum Gasteiger partial charge on any atom is 0.196 e. The summed E-state index contributed by atoms with van der Waals surface area (Å²) in [7, 11) is 0. The smallest absolute Gasteiger partial charge is 0.196 e. The average Bonchev–Trinajstić information content (AvgIpc) is 3.98. The number of hydrogen-bond acceptors (Lipinski definition) is 12. The van der Waals surface area contributed by atoms with Crippen molar-refractivity contribution in [2.24, 2.45) is 33.9 Å². The number of nitrogens with one attached hydrogen (secondary N) is 1. The number of aryl methyl sites for hydroxylation is 2. The molecule has 2 aromatic rings. The van der Waals surface area contributed by atoms with Crippen molar-refractivity contribution in [1.29, 1.82) is 0 Å². The first-order valence-electron chi connectivity index (χ1n) is 23.4. The molecule has 12 nitrogen and oxygen atoms in total. The third-order valence-corrected chi connectivity index (χ3v) is 14.0. The molecule has 1 unspecified atom stereocenters. The second kappa shape index (κ2) is 21.6. The highest BCUT2D eigenvalue weighted by Crippen LogP contribution is 2.60. The Kier molecular flexibility index (Phi) is 16.0. The van der Waals surface area contributed by atoms with Gasteiger partial charge in [-0.2, -0.15) is 12.0 Å². The molecule has 10 N–H and O–H groups in total. The van der Waals surface area contributed by atoms with Crippen molar-refractivity contribution < 1.29 is 35.0 Å². The minimum atomic E-state index is -0.963. The Morgan fingerprint density at radius 1 is 1.03 bits per heavy atom. The number of ether oxygens (including phenoxy) is 2. The van der Waals surface area contributed by atoms with Crippen molar-refractivity contribution in [3.05, 3.63) is 95.3 Å². The maximum absolute atomic E-state index is 11.4. The molecule has 2 saturated carbocycles. The number of nitrogens with zero attached hydrogens (tertiary/aromatic N) is 2. The van der Waals surface area contributed by atoms with E-state index in [-0.39, 0.29) is 54.5 Å². The number of rotatable bonds is 25. The van der Waals surface area contributed by atoms with Crippen molar-refractivity contribution in [1.82, 2.24) is 10.3 Å². The Hall–Kier alpha value is -4.04. The zero-order valence-electron chi connectivity index (χ0n) is 36.6. The number of nitrogens with two attached hydrogens (primary N) is 2. The van der Waals surface area contributed by atoms with E-state index in [0.717, 1.165) is 99.3 Å². The van der Waals surface area contributed by atoms with Gasteiger partial charge in [-0.25, -0.2) is 4.98 Å². The van der Waals surface area contributed by atoms with Crippen LogP contribution in [0.2, 0.25) is 0 Å². The van der Waals surface area contributed by atoms with Crippen molar-refractivity contribution in [2.75, 3.05) is 32.0 Å². The van der Waals surface area contributed by atoms with E-state index in [2.05, 4.69) is 28.5 Å². The van der Waals surface area contributed by atoms with E-state index in [0.29, 0.717) is 55.8 Å². The molecule has 1 aromatic heterocycles. The van der Waals surface area contributed by atoms with E-state index >= 15 is 0 Å². The van der Waals surface area contributed by atoms with E-state index < -0.39 is 12.2 Å². The number of phenolic OH excluding ortho intramolecular Hbond substituents is 1. The van der Waals surface area contributed by atoms with E-state index in [1.807, 2.05) is 30.3 Å². The molecule has 9 atom stereocenters. The number of nitrogen functional groups attached to an aromatic ring is 1. The summed E-state index contributed by atoms with van der Waals surface area (Å²) in [5, 5.41) is 56.1. The number of phenols is 1. The van der Waals surface area contributed by atoms with Crippen LogP contribution in [0.4, 0.5) is 5.82 Å². The minimum absolute atomic E-state index is 0.0118. The van der Waals surface area contributed by atoms with Gasteiger partial charge in [0.15, 0.2) is 29.4 Å². The number of pyridine rings is 1. The van der Waals surface area contributed by atoms with Gasteiger partial charge in [0.2, 0.25) is 0 Å². The van der Waals surface area contributed by atoms with Crippen molar-refractivity contribution in [3.8, 4) is 11.5 Å². The fourth-order valence-corrected chi connectivity index (χ4v) is 10.6. The van der Waals surface area contributed by atoms with Crippen LogP contribution < -0.4 is 21.5 Å². The molecule has 1 spiro atoms. The minimum Gasteiger partial charge on any atom is -0.592 e. The summed E-state index contributed by atoms with van der Waals surface area (Å²) >= 11 is 0. The van der Waals surface area contributed by atoms with Gasteiger partial charge in [0.1, 0.15) is 18.0 Å². The van der Waals surface area contributed by atoms with Gasteiger partial charge in [-0.3, -0.25) is 0 Å². The second-order valence-corrected chi connectivity index (χ2v) is 18.7. The molecule has 1 aromatic carbocycles. The summed E-state index contributed by atoms with van der Waals surface area (Å²) in [5.74, 6) is 3.66. The summed E-state index contributed by atoms with van der Waals surface area (Å²) in [6, 6.07) is 9.79. The fraction of sp³-hybridized carbons (Fsp3) is 0.600. The van der Waals surface area contributed by atoms with Crippen molar-refractivity contribution >= 4 is 11.5 Å². The molecule has 62 heavy (non-hydrogen) atoms. The third-order valence-electron chi connectivity index (χ3n) is 14.0. The molecule has 0 radical (unpaired) electrons. The number of aliphatic hydroxyl groups is 4. The third kappa shape index (κ3) is 11.6. The van der Waals surface area contributed by atoms with Gasteiger partial charge in [-0.05, 0) is 112 Å². The number of hydrogen-bond donors (Lipinski definition) is 8. The zero-order chi connectivity index (χ0) is 43.6. The normalized spacial score (nSPS) is 25.7. The van der Waals surface area contributed by atoms with Gasteiger partial charge < -0.3 is 51.8 Å². The monoisotopic (exact) mass is 854 g/mol. The summed E-state index contributed by atoms with van der Waals surface area (Å²) in [6.45, 7) is 3.01. The Balaban J connectivity index is 0.814. The number of aliphatic imine (C=N–C) groups is 1. The SMILES string of the molecule is C[C@H](O)CNC[C@H]1C2=C[C+]([C@@H](O)COc3cc(CCC4=C[C-](CO)C(CCCCCC[C@H](N)CC[C@H](O)CCc5ccnc(N)c5)O4)ccc3O)N=C2[C@H]2C=C[C@@]13CCC[C@@H]3C2. The van der Waals surface area contributed by atoms with E-state index in [1.165, 1.54) is 18.4 Å². The van der Waals surface area contributed by atoms with Gasteiger partial charge in [-0.1, -0.05) is 62.5 Å². The molecule has 2 aliphatic heterocycles. The Morgan fingerprint density at radius 3 is 2.69 bits per heavy atom. The number of unbranched alkanes of at least 4 members (excludes halogenated alkanes) is 3. The lowest BCUT2D eigenvalue weighted by atomic mass is 9.64. The predicted molar refractivity (Wildman–Crippen MR) is 243 cm³/mol. The summed E-state index contributed by atoms with van der Waals surface area (Å²) < 4.78 is 12.4. The zero-order valence-corrected chi connectivity index (χ0v) is 36.6. The standard InChI is InChI=1S/C50H71N5O7/c1-32(57)28-53-29-42-41-27-43(55-49(41)35-18-21-50(42)20-6-7-37(50)25-35)45(60)31-61-47-23-33(12-17-44(47)59)11-16-40-26-36(30-56)46(62-40)9-5-3-2-4-8-38(51)13-15-39(58)14-10-34-19-22-54-48(52)24-34/h12,17-19,21-24,26-27,32,35,37-39,42,45-46,53,56-60H,2-11,13-16,20,25,28-31,51H2,1H3,(H2,52,54)/t32-,35-,37+,38-,39+,42-,45-,46?,50+/m0/s1. The van der Waals surface area contributed by atoms with E-state index in [1.54, 1.807) is 19.2 Å². The van der Waals surface area contributed by atoms with E-state index in [9.17, 15) is 25.5 Å². The van der Waals surface area contributed by atoms with Crippen molar-refractivity contribution in [2.45, 2.75) is 140 Å². The Morgan fingerprint density at radius 2 is 1.87 bits per heavy atom. The molecular weight excluding hydrogens is 783 g/mol. The summed E-state index contributed by atoms with van der Waals surface area (Å²) in [4.78, 5) is 9.06. The Bertz CT molecular complexity index is 1900. The molecule has 2 bridgehead atoms. The highest BCUT2D eigenvalue weighted by Gasteiger charge is 2.59. The number of anilines is 1. The highest BCUT2D eigenvalue weighted by molar-refractivity contribution is 6.07. The van der Waals surface area contributed by atoms with Crippen LogP contribution in [-0.4, -0.2) is 93.0 Å². The first-order valence-corrected chi connectivity index (χ1v) is 23.4. The van der Waals surface area contributed by atoms with Crippen LogP contribution in [0.5, 0.6) is 11.5 Å². The van der Waals surface area contributed by atoms with Gasteiger partial charge >= 0.3 is 0 Å². The first kappa shape index (κ1) is 46.0. The molecular formula is C50H71N5O7. The summed E-state index contributed by atoms with van der Waals surface area (Å²) in [6.07, 6.45) is 23.6. The van der Waals surface area contributed by atoms with Crippen LogP contribution in [0.25, 0.3) is 0 Å². The van der Waals surface area contributed by atoms with Gasteiger partial charge in [0.05, 0.1) is 30.1 Å². The lowest BCUT2D eigenvalue weighted by Gasteiger charge is -2.39. The first-order chi connectivity index (χ1) is 30.0. The molecule has 0 saturated heterocycles. The lowest BCUT2D eigenvalue weighted by Crippen LogP contribution is -2.41. The molecule has 0 amide bonds. The van der Waals surface area contributed by atoms with Crippen LogP contribution in [0, 0.1) is 35.1 Å². The van der Waals surface area contributed by atoms with E-state index in [4.69, 9.17) is 25.9 Å². The van der Waals surface area contributed by atoms with Crippen LogP contribution in [0.3, 0.4) is 0 Å². The Labute approximate surface area is 368 Å². The maximum atomic E-state index is 11.4. The average molecular weight is 854 g/mol. The molecule has 12 heteroatoms. The molecule has 4 aliphatic carbocycles. The number of allylic oxidation sites excluding steroid dienone is 3. The molecule has 3 heterocycles. The highest BCUT2D eigenvalue weighted by atomic mass is 16.5. The quantitative estimate of drug-likeness (QED) is 0.0320. The van der Waals surface area contributed by atoms with Crippen LogP contribution in [-0.2, 0) is 17.6 Å². The van der Waals surface area contributed by atoms with Gasteiger partial charge in [0.25, 0.3) is 0 Å². The van der Waals surface area contributed by atoms with Crippen LogP contribution in [0.15, 0.2) is 77.2 Å². The van der Waals surface area contributed by atoms with Gasteiger partial charge in [-0.15, -0.1) is 4.99 Å². The number of aromatic hydroxyl groups is 1. The molecule has 338 valence electrons. The van der Waals surface area contributed by atoms with Crippen LogP contribution in [0.1, 0.15) is 108 Å². The summed E-state index contributed by atoms with van der Waals surface area (Å²) in [5.41, 5.74) is 16.5. The fourth-order valence-electron chi connectivity index (χ4n) is 10.6. The molecule has 8 rings (SSSR count). The van der Waals surface area contributed by atoms with Crippen LogP contribution >= 0.6 is 0 Å². The number of aromatic nitrogens is 1. The lowest BCUT2D eigenvalue weighted by molar-refractivity contribution is 0.119. The predicted octanol–water partition coefficient (Wildman–Crippen LogP) is 6.21. The largest absolute Gasteiger partial charge is 0.592 e. The number of benzene rings is 1. The second-order valence-electron chi connectivity index (χ2n) is 18.7. The van der Waals surface area contributed by atoms with Gasteiger partial charge in [0, 0.05) is 43.5 Å². The number of aliphatic hydroxyl groups excluding tert-OH is 4.